The Morgan fingerprint density at radius 3 is 2.62 bits per heavy atom. The molecule has 4 aromatic rings. The van der Waals surface area contributed by atoms with Crippen LogP contribution in [0.5, 0.6) is 0 Å². The Morgan fingerprint density at radius 2 is 1.86 bits per heavy atom. The number of carboxylic acid groups (broad SMARTS) is 1. The second-order valence-corrected chi connectivity index (χ2v) is 6.14. The van der Waals surface area contributed by atoms with Crippen LogP contribution in [0.1, 0.15) is 11.1 Å². The molecule has 0 aliphatic carbocycles. The van der Waals surface area contributed by atoms with E-state index in [4.69, 9.17) is 5.11 Å². The summed E-state index contributed by atoms with van der Waals surface area (Å²) in [5.41, 5.74) is 3.32. The molecule has 0 aliphatic rings. The van der Waals surface area contributed by atoms with Gasteiger partial charge in [-0.3, -0.25) is 0 Å². The molecular weight excluding hydrogens is 368 g/mol. The number of aromatic nitrogens is 4. The van der Waals surface area contributed by atoms with Crippen molar-refractivity contribution in [1.82, 2.24) is 19.7 Å². The number of nitrogens with zero attached hydrogens (tertiary/aromatic N) is 6. The van der Waals surface area contributed by atoms with Crippen LogP contribution in [-0.2, 0) is 11.3 Å². The fourth-order valence-electron chi connectivity index (χ4n) is 2.76. The summed E-state index contributed by atoms with van der Waals surface area (Å²) in [4.78, 5) is 19.1. The number of carboxylic acids is 1. The molecule has 2 heterocycles. The van der Waals surface area contributed by atoms with Crippen LogP contribution in [0.4, 0.5) is 5.82 Å². The average molecular weight is 384 g/mol. The number of fused-ring (bicyclic) bond motifs is 1. The minimum Gasteiger partial charge on any atom is -0.478 e. The summed E-state index contributed by atoms with van der Waals surface area (Å²) in [6.07, 6.45) is 5.77. The summed E-state index contributed by atoms with van der Waals surface area (Å²) in [7, 11) is 0. The Morgan fingerprint density at radius 1 is 1.07 bits per heavy atom. The van der Waals surface area contributed by atoms with Crippen LogP contribution >= 0.6 is 0 Å². The molecule has 0 saturated carbocycles. The van der Waals surface area contributed by atoms with Gasteiger partial charge in [0.05, 0.1) is 23.8 Å². The molecule has 0 radical (unpaired) electrons. The predicted molar refractivity (Wildman–Crippen MR) is 108 cm³/mol. The Labute approximate surface area is 165 Å². The van der Waals surface area contributed by atoms with Crippen LogP contribution < -0.4 is 0 Å². The zero-order chi connectivity index (χ0) is 20.1. The Bertz CT molecular complexity index is 1200. The maximum absolute atomic E-state index is 10.6. The van der Waals surface area contributed by atoms with E-state index in [9.17, 15) is 4.79 Å². The van der Waals surface area contributed by atoms with E-state index in [0.717, 1.165) is 22.9 Å². The van der Waals surface area contributed by atoms with Crippen LogP contribution in [0.3, 0.4) is 0 Å². The third kappa shape index (κ3) is 4.22. The third-order valence-electron chi connectivity index (χ3n) is 4.16. The summed E-state index contributed by atoms with van der Waals surface area (Å²) in [6.45, 7) is 0.376. The topological polar surface area (TPSA) is 106 Å². The van der Waals surface area contributed by atoms with Gasteiger partial charge in [-0.25, -0.2) is 19.4 Å². The Kier molecular flexibility index (Phi) is 5.15. The molecule has 0 bridgehead atoms. The van der Waals surface area contributed by atoms with Crippen molar-refractivity contribution in [3.05, 3.63) is 84.3 Å². The number of hydrogen-bond acceptors (Lipinski definition) is 6. The zero-order valence-corrected chi connectivity index (χ0v) is 15.3. The molecule has 2 aromatic heterocycles. The lowest BCUT2D eigenvalue weighted by Gasteiger charge is -2.02. The standard InChI is InChI=1S/C21H16N6O2/c28-19(29)11-10-15-6-8-16(9-7-15)12-24-26-20-18-13-25-27(21(18)23-14-22-20)17-4-2-1-3-5-17/h1-11,13-14H,12H2,(H,28,29). The van der Waals surface area contributed by atoms with Gasteiger partial charge in [0.15, 0.2) is 11.5 Å². The smallest absolute Gasteiger partial charge is 0.328 e. The van der Waals surface area contributed by atoms with Crippen molar-refractivity contribution in [3.63, 3.8) is 0 Å². The molecule has 2 aromatic carbocycles. The van der Waals surface area contributed by atoms with Gasteiger partial charge in [0, 0.05) is 6.08 Å². The van der Waals surface area contributed by atoms with E-state index in [0.29, 0.717) is 23.4 Å². The molecule has 0 atom stereocenters. The van der Waals surface area contributed by atoms with Crippen molar-refractivity contribution < 1.29 is 9.90 Å². The number of rotatable bonds is 6. The number of azo groups is 1. The van der Waals surface area contributed by atoms with E-state index >= 15 is 0 Å². The quantitative estimate of drug-likeness (QED) is 0.396. The minimum absolute atomic E-state index is 0.376. The monoisotopic (exact) mass is 384 g/mol. The predicted octanol–water partition coefficient (Wildman–Crippen LogP) is 4.20. The summed E-state index contributed by atoms with van der Waals surface area (Å²) in [5.74, 6) is -0.521. The van der Waals surface area contributed by atoms with Gasteiger partial charge in [-0.15, -0.1) is 5.11 Å². The van der Waals surface area contributed by atoms with Crippen LogP contribution in [0.25, 0.3) is 22.8 Å². The lowest BCUT2D eigenvalue weighted by Crippen LogP contribution is -1.96. The van der Waals surface area contributed by atoms with Gasteiger partial charge in [-0.1, -0.05) is 42.5 Å². The fourth-order valence-corrected chi connectivity index (χ4v) is 2.76. The maximum Gasteiger partial charge on any atom is 0.328 e. The average Bonchev–Trinajstić information content (AvgIpc) is 3.19. The lowest BCUT2D eigenvalue weighted by atomic mass is 10.1. The summed E-state index contributed by atoms with van der Waals surface area (Å²) < 4.78 is 1.74. The van der Waals surface area contributed by atoms with Crippen molar-refractivity contribution in [2.75, 3.05) is 0 Å². The highest BCUT2D eigenvalue weighted by Gasteiger charge is 2.10. The molecule has 1 N–H and O–H groups in total. The highest BCUT2D eigenvalue weighted by atomic mass is 16.4. The van der Waals surface area contributed by atoms with Gasteiger partial charge >= 0.3 is 5.97 Å². The Balaban J connectivity index is 1.52. The van der Waals surface area contributed by atoms with Gasteiger partial charge in [0.25, 0.3) is 0 Å². The zero-order valence-electron chi connectivity index (χ0n) is 15.3. The molecular formula is C21H16N6O2. The number of carbonyl (C=O) groups is 1. The van der Waals surface area contributed by atoms with Gasteiger partial charge in [0.1, 0.15) is 6.33 Å². The molecule has 0 saturated heterocycles. The number of para-hydroxylation sites is 1. The van der Waals surface area contributed by atoms with Crippen molar-refractivity contribution in [2.24, 2.45) is 10.2 Å². The van der Waals surface area contributed by atoms with Crippen LogP contribution in [-0.4, -0.2) is 30.8 Å². The van der Waals surface area contributed by atoms with E-state index in [1.807, 2.05) is 54.6 Å². The largest absolute Gasteiger partial charge is 0.478 e. The summed E-state index contributed by atoms with van der Waals surface area (Å²) in [5, 5.41) is 22.3. The van der Waals surface area contributed by atoms with Crippen LogP contribution in [0, 0.1) is 0 Å². The third-order valence-corrected chi connectivity index (χ3v) is 4.16. The molecule has 4 rings (SSSR count). The maximum atomic E-state index is 10.6. The molecule has 0 aliphatic heterocycles. The minimum atomic E-state index is -0.977. The molecule has 8 nitrogen and oxygen atoms in total. The number of hydrogen-bond donors (Lipinski definition) is 1. The molecule has 0 fully saturated rings. The first-order chi connectivity index (χ1) is 14.2. The Hall–Kier alpha value is -4.20. The van der Waals surface area contributed by atoms with Crippen LogP contribution in [0.2, 0.25) is 0 Å². The first kappa shape index (κ1) is 18.2. The first-order valence-corrected chi connectivity index (χ1v) is 8.82. The second kappa shape index (κ2) is 8.22. The molecule has 8 heteroatoms. The normalized spacial score (nSPS) is 11.6. The van der Waals surface area contributed by atoms with Crippen molar-refractivity contribution in [1.29, 1.82) is 0 Å². The highest BCUT2D eigenvalue weighted by Crippen LogP contribution is 2.24. The van der Waals surface area contributed by atoms with E-state index in [-0.39, 0.29) is 0 Å². The number of aliphatic carboxylic acids is 1. The van der Waals surface area contributed by atoms with Crippen LogP contribution in [0.15, 0.2) is 83.4 Å². The fraction of sp³-hybridized carbons (Fsp3) is 0.0476. The van der Waals surface area contributed by atoms with E-state index in [1.54, 1.807) is 10.9 Å². The van der Waals surface area contributed by atoms with Crippen molar-refractivity contribution >= 4 is 28.9 Å². The molecule has 142 valence electrons. The van der Waals surface area contributed by atoms with Gasteiger partial charge in [-0.05, 0) is 29.3 Å². The molecule has 29 heavy (non-hydrogen) atoms. The molecule has 0 amide bonds. The first-order valence-electron chi connectivity index (χ1n) is 8.82. The number of benzene rings is 2. The van der Waals surface area contributed by atoms with Gasteiger partial charge in [-0.2, -0.15) is 10.2 Å². The van der Waals surface area contributed by atoms with Crippen molar-refractivity contribution in [2.45, 2.75) is 6.54 Å². The highest BCUT2D eigenvalue weighted by molar-refractivity contribution is 5.85. The lowest BCUT2D eigenvalue weighted by molar-refractivity contribution is -0.131. The van der Waals surface area contributed by atoms with Gasteiger partial charge < -0.3 is 5.11 Å². The molecule has 0 spiro atoms. The second-order valence-electron chi connectivity index (χ2n) is 6.14. The van der Waals surface area contributed by atoms with E-state index < -0.39 is 5.97 Å². The van der Waals surface area contributed by atoms with E-state index in [2.05, 4.69) is 25.3 Å². The summed E-state index contributed by atoms with van der Waals surface area (Å²) >= 11 is 0. The van der Waals surface area contributed by atoms with E-state index in [1.165, 1.54) is 12.4 Å². The van der Waals surface area contributed by atoms with Crippen molar-refractivity contribution in [3.8, 4) is 5.69 Å². The molecule has 0 unspecified atom stereocenters. The van der Waals surface area contributed by atoms with Gasteiger partial charge in [0.2, 0.25) is 0 Å². The summed E-state index contributed by atoms with van der Waals surface area (Å²) in [6, 6.07) is 17.1. The SMILES string of the molecule is O=C(O)C=Cc1ccc(CN=Nc2ncnc3c2cnn3-c2ccccc2)cc1.